The molecule has 0 fully saturated rings. The maximum Gasteiger partial charge on any atom is 0.275 e. The van der Waals surface area contributed by atoms with Crippen LogP contribution in [0.5, 0.6) is 5.88 Å². The number of hydrogen-bond acceptors (Lipinski definition) is 5. The molecular weight excluding hydrogens is 374 g/mol. The summed E-state index contributed by atoms with van der Waals surface area (Å²) in [6.45, 7) is 8.95. The van der Waals surface area contributed by atoms with Crippen molar-refractivity contribution in [2.24, 2.45) is 7.05 Å². The molecule has 2 aromatic rings. The number of carbonyl (C=O) groups is 1. The minimum Gasteiger partial charge on any atom is -0.478 e. The number of pyridine rings is 1. The second-order valence-electron chi connectivity index (χ2n) is 7.64. The Labute approximate surface area is 171 Å². The zero-order chi connectivity index (χ0) is 20.7. The number of aryl methyl sites for hydroxylation is 1. The van der Waals surface area contributed by atoms with Crippen LogP contribution in [-0.4, -0.2) is 32.4 Å². The molecule has 2 N–H and O–H groups in total. The van der Waals surface area contributed by atoms with Gasteiger partial charge in [0.25, 0.3) is 5.91 Å². The van der Waals surface area contributed by atoms with Gasteiger partial charge in [0.2, 0.25) is 5.88 Å². The van der Waals surface area contributed by atoms with E-state index < -0.39 is 0 Å². The molecule has 0 saturated heterocycles. The summed E-state index contributed by atoms with van der Waals surface area (Å²) in [7, 11) is 1.74. The van der Waals surface area contributed by atoms with Gasteiger partial charge in [-0.25, -0.2) is 4.98 Å². The van der Waals surface area contributed by atoms with E-state index in [1.807, 2.05) is 26.8 Å². The monoisotopic (exact) mass is 403 g/mol. The van der Waals surface area contributed by atoms with Crippen LogP contribution in [0.15, 0.2) is 24.4 Å². The molecule has 2 heterocycles. The highest BCUT2D eigenvalue weighted by atomic mass is 32.1. The summed E-state index contributed by atoms with van der Waals surface area (Å²) in [4.78, 5) is 16.7. The number of amides is 1. The lowest BCUT2D eigenvalue weighted by atomic mass is 9.92. The Hall–Kier alpha value is -2.48. The third-order valence-corrected chi connectivity index (χ3v) is 4.30. The average molecular weight is 404 g/mol. The van der Waals surface area contributed by atoms with Gasteiger partial charge in [0.05, 0.1) is 24.2 Å². The van der Waals surface area contributed by atoms with Gasteiger partial charge in [-0.05, 0) is 30.8 Å². The van der Waals surface area contributed by atoms with Gasteiger partial charge >= 0.3 is 0 Å². The Morgan fingerprint density at radius 2 is 2.04 bits per heavy atom. The van der Waals surface area contributed by atoms with E-state index in [1.54, 1.807) is 30.1 Å². The Kier molecular flexibility index (Phi) is 7.51. The first kappa shape index (κ1) is 21.8. The molecule has 0 saturated carbocycles. The van der Waals surface area contributed by atoms with Crippen molar-refractivity contribution in [1.29, 1.82) is 0 Å². The van der Waals surface area contributed by atoms with E-state index in [9.17, 15) is 4.79 Å². The molecule has 1 amide bonds. The van der Waals surface area contributed by atoms with Gasteiger partial charge in [-0.3, -0.25) is 14.8 Å². The lowest BCUT2D eigenvalue weighted by molar-refractivity contribution is 0.0968. The fourth-order valence-corrected chi connectivity index (χ4v) is 2.65. The first-order chi connectivity index (χ1) is 13.2. The highest BCUT2D eigenvalue weighted by Gasteiger charge is 2.22. The SMILES string of the molecule is CCCCCOc1ccc(NC(=S)NC(=O)c2cc(C(C)(C)C)nn2C)cn1. The molecule has 0 unspecified atom stereocenters. The van der Waals surface area contributed by atoms with Gasteiger partial charge in [-0.1, -0.05) is 40.5 Å². The first-order valence-corrected chi connectivity index (χ1v) is 9.87. The Balaban J connectivity index is 1.90. The van der Waals surface area contributed by atoms with Crippen molar-refractivity contribution < 1.29 is 9.53 Å². The third kappa shape index (κ3) is 6.30. The number of nitrogens with zero attached hydrogens (tertiary/aromatic N) is 3. The molecular formula is C20H29N5O2S. The predicted octanol–water partition coefficient (Wildman–Crippen LogP) is 3.81. The van der Waals surface area contributed by atoms with Crippen molar-refractivity contribution in [2.45, 2.75) is 52.4 Å². The van der Waals surface area contributed by atoms with Crippen LogP contribution in [0.25, 0.3) is 0 Å². The van der Waals surface area contributed by atoms with Crippen molar-refractivity contribution in [1.82, 2.24) is 20.1 Å². The Bertz CT molecular complexity index is 809. The summed E-state index contributed by atoms with van der Waals surface area (Å²) in [6.07, 6.45) is 4.93. The lowest BCUT2D eigenvalue weighted by Gasteiger charge is -2.13. The van der Waals surface area contributed by atoms with E-state index in [0.717, 1.165) is 25.0 Å². The van der Waals surface area contributed by atoms with E-state index in [-0.39, 0.29) is 16.4 Å². The third-order valence-electron chi connectivity index (χ3n) is 4.10. The summed E-state index contributed by atoms with van der Waals surface area (Å²) in [6, 6.07) is 5.36. The van der Waals surface area contributed by atoms with Crippen LogP contribution < -0.4 is 15.4 Å². The lowest BCUT2D eigenvalue weighted by Crippen LogP contribution is -2.35. The average Bonchev–Trinajstić information content (AvgIpc) is 3.02. The minimum absolute atomic E-state index is 0.138. The van der Waals surface area contributed by atoms with Crippen LogP contribution in [0.1, 0.15) is 63.1 Å². The van der Waals surface area contributed by atoms with Crippen LogP contribution in [0.2, 0.25) is 0 Å². The van der Waals surface area contributed by atoms with E-state index in [0.29, 0.717) is 23.9 Å². The number of ether oxygens (including phenoxy) is 1. The molecule has 2 rings (SSSR count). The molecule has 0 atom stereocenters. The highest BCUT2D eigenvalue weighted by molar-refractivity contribution is 7.80. The highest BCUT2D eigenvalue weighted by Crippen LogP contribution is 2.21. The molecule has 0 aliphatic heterocycles. The fraction of sp³-hybridized carbons (Fsp3) is 0.500. The van der Waals surface area contributed by atoms with Crippen molar-refractivity contribution in [2.75, 3.05) is 11.9 Å². The second kappa shape index (κ2) is 9.64. The molecule has 0 bridgehead atoms. The Morgan fingerprint density at radius 3 is 2.61 bits per heavy atom. The fourth-order valence-electron chi connectivity index (χ4n) is 2.44. The van der Waals surface area contributed by atoms with Crippen LogP contribution in [0.4, 0.5) is 5.69 Å². The topological polar surface area (TPSA) is 81.1 Å². The molecule has 0 aliphatic carbocycles. The van der Waals surface area contributed by atoms with E-state index in [2.05, 4.69) is 27.6 Å². The maximum atomic E-state index is 12.5. The van der Waals surface area contributed by atoms with Gasteiger partial charge in [0, 0.05) is 18.5 Å². The van der Waals surface area contributed by atoms with Crippen LogP contribution in [-0.2, 0) is 12.5 Å². The van der Waals surface area contributed by atoms with Crippen LogP contribution >= 0.6 is 12.2 Å². The summed E-state index contributed by atoms with van der Waals surface area (Å²) in [5.41, 5.74) is 1.83. The largest absolute Gasteiger partial charge is 0.478 e. The number of carbonyl (C=O) groups excluding carboxylic acids is 1. The number of anilines is 1. The number of aromatic nitrogens is 3. The number of rotatable bonds is 7. The summed E-state index contributed by atoms with van der Waals surface area (Å²) >= 11 is 5.24. The van der Waals surface area contributed by atoms with Crippen LogP contribution in [0, 0.1) is 0 Å². The normalized spacial score (nSPS) is 11.2. The van der Waals surface area contributed by atoms with Crippen molar-refractivity contribution in [3.05, 3.63) is 35.8 Å². The predicted molar refractivity (Wildman–Crippen MR) is 115 cm³/mol. The second-order valence-corrected chi connectivity index (χ2v) is 8.05. The summed E-state index contributed by atoms with van der Waals surface area (Å²) in [5, 5.41) is 10.2. The van der Waals surface area contributed by atoms with Crippen molar-refractivity contribution in [3.8, 4) is 5.88 Å². The number of hydrogen-bond donors (Lipinski definition) is 2. The first-order valence-electron chi connectivity index (χ1n) is 9.46. The minimum atomic E-state index is -0.313. The van der Waals surface area contributed by atoms with Gasteiger partial charge in [-0.15, -0.1) is 0 Å². The molecule has 28 heavy (non-hydrogen) atoms. The van der Waals surface area contributed by atoms with Crippen molar-refractivity contribution >= 4 is 28.9 Å². The van der Waals surface area contributed by atoms with Gasteiger partial charge in [-0.2, -0.15) is 5.10 Å². The van der Waals surface area contributed by atoms with Gasteiger partial charge in [0.1, 0.15) is 5.69 Å². The zero-order valence-corrected chi connectivity index (χ0v) is 18.0. The van der Waals surface area contributed by atoms with E-state index >= 15 is 0 Å². The smallest absolute Gasteiger partial charge is 0.275 e. The number of thiocarbonyl (C=S) groups is 1. The van der Waals surface area contributed by atoms with E-state index in [4.69, 9.17) is 17.0 Å². The summed E-state index contributed by atoms with van der Waals surface area (Å²) in [5.74, 6) is 0.257. The number of nitrogens with one attached hydrogen (secondary N) is 2. The molecule has 0 aliphatic rings. The van der Waals surface area contributed by atoms with Crippen LogP contribution in [0.3, 0.4) is 0 Å². The van der Waals surface area contributed by atoms with Crippen molar-refractivity contribution in [3.63, 3.8) is 0 Å². The molecule has 8 heteroatoms. The number of unbranched alkanes of at least 4 members (excludes halogenated alkanes) is 2. The molecule has 7 nitrogen and oxygen atoms in total. The molecule has 0 spiro atoms. The molecule has 2 aromatic heterocycles. The molecule has 0 radical (unpaired) electrons. The quantitative estimate of drug-likeness (QED) is 0.540. The van der Waals surface area contributed by atoms with Gasteiger partial charge in [0.15, 0.2) is 5.11 Å². The summed E-state index contributed by atoms with van der Waals surface area (Å²) < 4.78 is 7.14. The zero-order valence-electron chi connectivity index (χ0n) is 17.2. The van der Waals surface area contributed by atoms with E-state index in [1.165, 1.54) is 0 Å². The Morgan fingerprint density at radius 1 is 1.29 bits per heavy atom. The maximum absolute atomic E-state index is 12.5. The standard InChI is InChI=1S/C20H29N5O2S/c1-6-7-8-11-27-17-10-9-14(13-21-17)22-19(28)23-18(26)15-12-16(20(2,3)4)24-25(15)5/h9-10,12-13H,6-8,11H2,1-5H3,(H2,22,23,26,28). The molecule has 0 aromatic carbocycles. The molecule has 152 valence electrons. The van der Waals surface area contributed by atoms with Gasteiger partial charge < -0.3 is 10.1 Å².